The Labute approximate surface area is 137 Å². The Morgan fingerprint density at radius 1 is 1.13 bits per heavy atom. The number of rotatable bonds is 2. The van der Waals surface area contributed by atoms with Gasteiger partial charge in [0, 0.05) is 31.5 Å². The summed E-state index contributed by atoms with van der Waals surface area (Å²) in [5, 5.41) is 7.75. The molecule has 2 amide bonds. The number of nitrogens with zero attached hydrogens (tertiary/aromatic N) is 4. The van der Waals surface area contributed by atoms with Crippen molar-refractivity contribution >= 4 is 11.8 Å². The van der Waals surface area contributed by atoms with Gasteiger partial charge in [0.15, 0.2) is 0 Å². The van der Waals surface area contributed by atoms with Crippen LogP contribution in [-0.4, -0.2) is 44.7 Å². The van der Waals surface area contributed by atoms with E-state index in [9.17, 15) is 9.59 Å². The van der Waals surface area contributed by atoms with Crippen LogP contribution < -0.4 is 0 Å². The van der Waals surface area contributed by atoms with Crippen molar-refractivity contribution in [3.63, 3.8) is 0 Å². The fourth-order valence-electron chi connectivity index (χ4n) is 3.08. The highest BCUT2D eigenvalue weighted by molar-refractivity contribution is 5.94. The third kappa shape index (κ3) is 2.86. The molecule has 1 aliphatic carbocycles. The van der Waals surface area contributed by atoms with Crippen LogP contribution in [0.1, 0.15) is 62.6 Å². The van der Waals surface area contributed by atoms with Gasteiger partial charge < -0.3 is 0 Å². The van der Waals surface area contributed by atoms with Crippen molar-refractivity contribution in [1.82, 2.24) is 19.8 Å². The van der Waals surface area contributed by atoms with Gasteiger partial charge in [-0.05, 0) is 25.3 Å². The van der Waals surface area contributed by atoms with Gasteiger partial charge in [-0.3, -0.25) is 19.3 Å². The summed E-state index contributed by atoms with van der Waals surface area (Å²) in [5.41, 5.74) is 1.32. The Balaban J connectivity index is 1.81. The van der Waals surface area contributed by atoms with Crippen molar-refractivity contribution in [2.75, 3.05) is 13.1 Å². The Morgan fingerprint density at radius 2 is 1.78 bits per heavy atom. The molecule has 1 aromatic rings. The molecule has 1 aromatic heterocycles. The average molecular weight is 318 g/mol. The molecule has 0 aromatic carbocycles. The molecule has 3 rings (SSSR count). The second kappa shape index (κ2) is 5.65. The Morgan fingerprint density at radius 3 is 2.30 bits per heavy atom. The quantitative estimate of drug-likeness (QED) is 0.839. The molecule has 1 saturated carbocycles. The maximum Gasteiger partial charge on any atom is 0.290 e. The number of hydrazine groups is 1. The summed E-state index contributed by atoms with van der Waals surface area (Å²) in [6.45, 7) is 7.47. The fourth-order valence-corrected chi connectivity index (χ4v) is 3.08. The first-order chi connectivity index (χ1) is 10.8. The van der Waals surface area contributed by atoms with E-state index < -0.39 is 0 Å². The van der Waals surface area contributed by atoms with Crippen LogP contribution in [0.3, 0.4) is 0 Å². The van der Waals surface area contributed by atoms with Crippen LogP contribution in [0.25, 0.3) is 0 Å². The minimum Gasteiger partial charge on any atom is -0.273 e. The van der Waals surface area contributed by atoms with Crippen molar-refractivity contribution in [3.8, 4) is 0 Å². The third-order valence-electron chi connectivity index (χ3n) is 4.84. The van der Waals surface area contributed by atoms with E-state index in [1.807, 2.05) is 6.07 Å². The first-order valence-electron chi connectivity index (χ1n) is 8.46. The van der Waals surface area contributed by atoms with E-state index in [1.165, 1.54) is 0 Å². The number of aromatic nitrogens is 2. The Kier molecular flexibility index (Phi) is 3.94. The summed E-state index contributed by atoms with van der Waals surface area (Å²) in [7, 11) is 1.79. The lowest BCUT2D eigenvalue weighted by Crippen LogP contribution is -2.48. The van der Waals surface area contributed by atoms with Gasteiger partial charge in [0.2, 0.25) is 5.91 Å². The Bertz CT molecular complexity index is 625. The van der Waals surface area contributed by atoms with E-state index in [-0.39, 0.29) is 23.1 Å². The number of carbonyl (C=O) groups excluding carboxylic acids is 2. The first-order valence-corrected chi connectivity index (χ1v) is 8.46. The van der Waals surface area contributed by atoms with Crippen LogP contribution in [0, 0.1) is 5.92 Å². The molecule has 6 nitrogen and oxygen atoms in total. The zero-order chi connectivity index (χ0) is 16.8. The standard InChI is InChI=1S/C17H26N4O2/c1-17(2,3)14-11-13(19(4)18-14)16(23)21-10-6-9-20(21)15(22)12-7-5-8-12/h11-12H,5-10H2,1-4H3. The van der Waals surface area contributed by atoms with Crippen LogP contribution in [-0.2, 0) is 17.3 Å². The molecule has 126 valence electrons. The van der Waals surface area contributed by atoms with E-state index in [2.05, 4.69) is 25.9 Å². The van der Waals surface area contributed by atoms with Gasteiger partial charge in [-0.1, -0.05) is 27.2 Å². The van der Waals surface area contributed by atoms with Crippen molar-refractivity contribution < 1.29 is 9.59 Å². The van der Waals surface area contributed by atoms with Crippen molar-refractivity contribution in [1.29, 1.82) is 0 Å². The second-order valence-electron chi connectivity index (χ2n) is 7.66. The summed E-state index contributed by atoms with van der Waals surface area (Å²) < 4.78 is 1.63. The van der Waals surface area contributed by atoms with Gasteiger partial charge in [0.25, 0.3) is 5.91 Å². The highest BCUT2D eigenvalue weighted by Gasteiger charge is 2.38. The highest BCUT2D eigenvalue weighted by Crippen LogP contribution is 2.30. The van der Waals surface area contributed by atoms with Gasteiger partial charge in [0.05, 0.1) is 5.69 Å². The number of hydrogen-bond acceptors (Lipinski definition) is 3. The summed E-state index contributed by atoms with van der Waals surface area (Å²) in [6.07, 6.45) is 3.87. The molecule has 0 spiro atoms. The molecule has 23 heavy (non-hydrogen) atoms. The summed E-state index contributed by atoms with van der Waals surface area (Å²) in [6, 6.07) is 1.85. The fraction of sp³-hybridized carbons (Fsp3) is 0.706. The molecule has 1 saturated heterocycles. The minimum absolute atomic E-state index is 0.108. The SMILES string of the molecule is Cn1nc(C(C)(C)C)cc1C(=O)N1CCCN1C(=O)C1CCC1. The molecule has 0 unspecified atom stereocenters. The molecular formula is C17H26N4O2. The van der Waals surface area contributed by atoms with Crippen LogP contribution in [0.4, 0.5) is 0 Å². The number of hydrogen-bond donors (Lipinski definition) is 0. The lowest BCUT2D eigenvalue weighted by atomic mass is 9.84. The predicted octanol–water partition coefficient (Wildman–Crippen LogP) is 2.11. The monoisotopic (exact) mass is 318 g/mol. The maximum absolute atomic E-state index is 12.9. The van der Waals surface area contributed by atoms with Crippen LogP contribution in [0.5, 0.6) is 0 Å². The van der Waals surface area contributed by atoms with Crippen molar-refractivity contribution in [3.05, 3.63) is 17.5 Å². The van der Waals surface area contributed by atoms with Crippen LogP contribution >= 0.6 is 0 Å². The molecule has 2 heterocycles. The second-order valence-corrected chi connectivity index (χ2v) is 7.66. The topological polar surface area (TPSA) is 58.4 Å². The molecule has 6 heteroatoms. The molecule has 0 radical (unpaired) electrons. The molecule has 0 atom stereocenters. The van der Waals surface area contributed by atoms with E-state index in [0.29, 0.717) is 18.8 Å². The number of amides is 2. The molecule has 0 bridgehead atoms. The lowest BCUT2D eigenvalue weighted by molar-refractivity contribution is -0.147. The smallest absolute Gasteiger partial charge is 0.273 e. The minimum atomic E-state index is -0.124. The summed E-state index contributed by atoms with van der Waals surface area (Å²) in [5.74, 6) is 0.0982. The first kappa shape index (κ1) is 16.0. The molecule has 0 N–H and O–H groups in total. The predicted molar refractivity (Wildman–Crippen MR) is 86.6 cm³/mol. The average Bonchev–Trinajstić information content (AvgIpc) is 3.01. The molecule has 2 fully saturated rings. The van der Waals surface area contributed by atoms with E-state index in [4.69, 9.17) is 0 Å². The van der Waals surface area contributed by atoms with Gasteiger partial charge >= 0.3 is 0 Å². The van der Waals surface area contributed by atoms with E-state index >= 15 is 0 Å². The van der Waals surface area contributed by atoms with Gasteiger partial charge in [-0.25, -0.2) is 5.01 Å². The van der Waals surface area contributed by atoms with Crippen molar-refractivity contribution in [2.45, 2.75) is 51.9 Å². The maximum atomic E-state index is 12.9. The van der Waals surface area contributed by atoms with Gasteiger partial charge in [-0.15, -0.1) is 0 Å². The third-order valence-corrected chi connectivity index (χ3v) is 4.84. The van der Waals surface area contributed by atoms with Crippen LogP contribution in [0.15, 0.2) is 6.07 Å². The van der Waals surface area contributed by atoms with E-state index in [1.54, 1.807) is 21.7 Å². The Hall–Kier alpha value is -1.85. The van der Waals surface area contributed by atoms with Crippen LogP contribution in [0.2, 0.25) is 0 Å². The van der Waals surface area contributed by atoms with Gasteiger partial charge in [-0.2, -0.15) is 5.10 Å². The molecule has 1 aliphatic heterocycles. The number of carbonyl (C=O) groups is 2. The largest absolute Gasteiger partial charge is 0.290 e. The zero-order valence-corrected chi connectivity index (χ0v) is 14.5. The lowest BCUT2D eigenvalue weighted by Gasteiger charge is -2.34. The van der Waals surface area contributed by atoms with Crippen molar-refractivity contribution in [2.24, 2.45) is 13.0 Å². The van der Waals surface area contributed by atoms with Gasteiger partial charge in [0.1, 0.15) is 5.69 Å². The van der Waals surface area contributed by atoms with E-state index in [0.717, 1.165) is 31.4 Å². The summed E-state index contributed by atoms with van der Waals surface area (Å²) in [4.78, 5) is 25.5. The molecule has 2 aliphatic rings. The normalized spacial score (nSPS) is 19.1. The molecular weight excluding hydrogens is 292 g/mol. The highest BCUT2D eigenvalue weighted by atomic mass is 16.2. The summed E-state index contributed by atoms with van der Waals surface area (Å²) >= 11 is 0. The number of aryl methyl sites for hydroxylation is 1. The zero-order valence-electron chi connectivity index (χ0n) is 14.5.